The van der Waals surface area contributed by atoms with Gasteiger partial charge in [-0.2, -0.15) is 0 Å². The summed E-state index contributed by atoms with van der Waals surface area (Å²) in [4.78, 5) is 0. The first-order valence-corrected chi connectivity index (χ1v) is 8.16. The van der Waals surface area contributed by atoms with E-state index in [4.69, 9.17) is 4.42 Å². The predicted octanol–water partition coefficient (Wildman–Crippen LogP) is 4.36. The minimum atomic E-state index is 0.276. The lowest BCUT2D eigenvalue weighted by atomic mass is 9.99. The maximum absolute atomic E-state index is 5.85. The Morgan fingerprint density at radius 1 is 1.14 bits per heavy atom. The van der Waals surface area contributed by atoms with Gasteiger partial charge in [-0.25, -0.2) is 0 Å². The second-order valence-corrected chi connectivity index (χ2v) is 6.12. The van der Waals surface area contributed by atoms with E-state index in [0.29, 0.717) is 0 Å². The Labute approximate surface area is 127 Å². The van der Waals surface area contributed by atoms with Crippen molar-refractivity contribution in [3.8, 4) is 0 Å². The minimum absolute atomic E-state index is 0.276. The molecule has 1 unspecified atom stereocenters. The smallest absolute Gasteiger partial charge is 0.121 e. The molecule has 0 amide bonds. The van der Waals surface area contributed by atoms with E-state index in [0.717, 1.165) is 30.9 Å². The van der Waals surface area contributed by atoms with Gasteiger partial charge in [-0.3, -0.25) is 0 Å². The summed E-state index contributed by atoms with van der Waals surface area (Å²) in [5, 5.41) is 3.62. The Kier molecular flexibility index (Phi) is 4.45. The van der Waals surface area contributed by atoms with E-state index in [-0.39, 0.29) is 6.04 Å². The summed E-state index contributed by atoms with van der Waals surface area (Å²) in [7, 11) is 0. The van der Waals surface area contributed by atoms with Crippen LogP contribution in [0.4, 0.5) is 0 Å². The second-order valence-electron chi connectivity index (χ2n) is 6.12. The third-order valence-electron chi connectivity index (χ3n) is 4.35. The van der Waals surface area contributed by atoms with Gasteiger partial charge in [-0.15, -0.1) is 0 Å². The Hall–Kier alpha value is -1.54. The molecule has 0 saturated heterocycles. The minimum Gasteiger partial charge on any atom is -0.465 e. The van der Waals surface area contributed by atoms with Crippen LogP contribution in [0, 0.1) is 6.92 Å². The van der Waals surface area contributed by atoms with Gasteiger partial charge in [0.2, 0.25) is 0 Å². The maximum Gasteiger partial charge on any atom is 0.121 e. The van der Waals surface area contributed by atoms with Crippen molar-refractivity contribution < 1.29 is 4.42 Å². The highest BCUT2D eigenvalue weighted by atomic mass is 16.3. The van der Waals surface area contributed by atoms with Crippen LogP contribution in [0.25, 0.3) is 0 Å². The molecule has 0 spiro atoms. The molecule has 1 heterocycles. The van der Waals surface area contributed by atoms with Gasteiger partial charge in [0.25, 0.3) is 0 Å². The average Bonchev–Trinajstić information content (AvgIpc) is 3.11. The number of hydrogen-bond acceptors (Lipinski definition) is 2. The summed E-state index contributed by atoms with van der Waals surface area (Å²) in [5.74, 6) is 2.05. The first-order valence-electron chi connectivity index (χ1n) is 8.16. The molecular formula is C19H25NO. The second kappa shape index (κ2) is 6.48. The lowest BCUT2D eigenvalue weighted by Crippen LogP contribution is -2.23. The Morgan fingerprint density at radius 3 is 2.76 bits per heavy atom. The Balaban J connectivity index is 1.77. The van der Waals surface area contributed by atoms with Crippen LogP contribution in [0.2, 0.25) is 0 Å². The molecule has 0 saturated carbocycles. The quantitative estimate of drug-likeness (QED) is 0.852. The summed E-state index contributed by atoms with van der Waals surface area (Å²) < 4.78 is 5.85. The van der Waals surface area contributed by atoms with E-state index >= 15 is 0 Å². The van der Waals surface area contributed by atoms with Crippen LogP contribution < -0.4 is 5.32 Å². The highest BCUT2D eigenvalue weighted by Crippen LogP contribution is 2.26. The van der Waals surface area contributed by atoms with Crippen molar-refractivity contribution >= 4 is 0 Å². The van der Waals surface area contributed by atoms with Gasteiger partial charge in [0, 0.05) is 0 Å². The lowest BCUT2D eigenvalue weighted by molar-refractivity contribution is 0.398. The molecule has 1 aromatic carbocycles. The first-order chi connectivity index (χ1) is 10.3. The molecule has 21 heavy (non-hydrogen) atoms. The van der Waals surface area contributed by atoms with Crippen LogP contribution >= 0.6 is 0 Å². The van der Waals surface area contributed by atoms with Gasteiger partial charge in [0.15, 0.2) is 0 Å². The molecule has 0 radical (unpaired) electrons. The zero-order valence-electron chi connectivity index (χ0n) is 13.1. The number of benzene rings is 1. The van der Waals surface area contributed by atoms with E-state index in [9.17, 15) is 0 Å². The molecule has 1 aliphatic rings. The van der Waals surface area contributed by atoms with Gasteiger partial charge in [-0.05, 0) is 74.4 Å². The summed E-state index contributed by atoms with van der Waals surface area (Å²) in [5.41, 5.74) is 4.52. The van der Waals surface area contributed by atoms with Gasteiger partial charge in [0.05, 0.1) is 6.04 Å². The number of furan rings is 1. The van der Waals surface area contributed by atoms with E-state index < -0.39 is 0 Å². The molecule has 1 aliphatic carbocycles. The molecule has 3 rings (SSSR count). The van der Waals surface area contributed by atoms with Crippen LogP contribution in [-0.4, -0.2) is 6.54 Å². The molecule has 0 aliphatic heterocycles. The topological polar surface area (TPSA) is 25.2 Å². The molecule has 112 valence electrons. The monoisotopic (exact) mass is 283 g/mol. The normalized spacial score (nSPS) is 15.1. The summed E-state index contributed by atoms with van der Waals surface area (Å²) in [6, 6.07) is 11.5. The number of fused-ring (bicyclic) bond motifs is 1. The third kappa shape index (κ3) is 3.38. The number of aryl methyl sites for hydroxylation is 3. The van der Waals surface area contributed by atoms with Crippen LogP contribution in [0.1, 0.15) is 54.0 Å². The van der Waals surface area contributed by atoms with Crippen LogP contribution in [0.5, 0.6) is 0 Å². The van der Waals surface area contributed by atoms with Crippen molar-refractivity contribution in [2.45, 2.75) is 52.0 Å². The van der Waals surface area contributed by atoms with Crippen molar-refractivity contribution in [3.63, 3.8) is 0 Å². The van der Waals surface area contributed by atoms with E-state index in [1.165, 1.54) is 24.8 Å². The van der Waals surface area contributed by atoms with Crippen molar-refractivity contribution in [1.82, 2.24) is 5.32 Å². The highest BCUT2D eigenvalue weighted by Gasteiger charge is 2.17. The fourth-order valence-electron chi connectivity index (χ4n) is 3.22. The van der Waals surface area contributed by atoms with E-state index in [1.807, 2.05) is 6.92 Å². The molecule has 1 aromatic heterocycles. The van der Waals surface area contributed by atoms with Crippen LogP contribution in [-0.2, 0) is 19.3 Å². The van der Waals surface area contributed by atoms with Crippen molar-refractivity contribution in [1.29, 1.82) is 0 Å². The van der Waals surface area contributed by atoms with Gasteiger partial charge in [-0.1, -0.05) is 25.1 Å². The number of hydrogen-bond donors (Lipinski definition) is 1. The largest absolute Gasteiger partial charge is 0.465 e. The molecule has 1 N–H and O–H groups in total. The standard InChI is InChI=1S/C19H25NO/c1-3-11-20-18(19-10-7-14(2)21-19)13-15-8-9-16-5-4-6-17(16)12-15/h7-10,12,18,20H,3-6,11,13H2,1-2H3. The predicted molar refractivity (Wildman–Crippen MR) is 86.7 cm³/mol. The van der Waals surface area contributed by atoms with E-state index in [1.54, 1.807) is 11.1 Å². The van der Waals surface area contributed by atoms with Crippen LogP contribution in [0.3, 0.4) is 0 Å². The molecule has 2 heteroatoms. The number of rotatable bonds is 6. The summed E-state index contributed by atoms with van der Waals surface area (Å²) in [6.45, 7) is 5.23. The van der Waals surface area contributed by atoms with Crippen molar-refractivity contribution in [2.24, 2.45) is 0 Å². The van der Waals surface area contributed by atoms with Gasteiger partial charge in [0.1, 0.15) is 11.5 Å². The Morgan fingerprint density at radius 2 is 2.00 bits per heavy atom. The van der Waals surface area contributed by atoms with Gasteiger partial charge < -0.3 is 9.73 Å². The molecule has 2 aromatic rings. The highest BCUT2D eigenvalue weighted by molar-refractivity contribution is 5.36. The maximum atomic E-state index is 5.85. The van der Waals surface area contributed by atoms with E-state index in [2.05, 4.69) is 42.6 Å². The Bertz CT molecular complexity index is 599. The van der Waals surface area contributed by atoms with Gasteiger partial charge >= 0.3 is 0 Å². The molecule has 2 nitrogen and oxygen atoms in total. The lowest BCUT2D eigenvalue weighted by Gasteiger charge is -2.17. The molecule has 1 atom stereocenters. The molecular weight excluding hydrogens is 258 g/mol. The zero-order chi connectivity index (χ0) is 14.7. The SMILES string of the molecule is CCCNC(Cc1ccc2c(c1)CCC2)c1ccc(C)o1. The molecule has 0 bridgehead atoms. The first kappa shape index (κ1) is 14.4. The molecule has 0 fully saturated rings. The zero-order valence-corrected chi connectivity index (χ0v) is 13.1. The fraction of sp³-hybridized carbons (Fsp3) is 0.474. The summed E-state index contributed by atoms with van der Waals surface area (Å²) >= 11 is 0. The van der Waals surface area contributed by atoms with Crippen LogP contribution in [0.15, 0.2) is 34.7 Å². The third-order valence-corrected chi connectivity index (χ3v) is 4.35. The number of nitrogens with one attached hydrogen (secondary N) is 1. The fourth-order valence-corrected chi connectivity index (χ4v) is 3.22. The summed E-state index contributed by atoms with van der Waals surface area (Å²) in [6.07, 6.45) is 5.95. The van der Waals surface area contributed by atoms with Crippen molar-refractivity contribution in [2.75, 3.05) is 6.54 Å². The average molecular weight is 283 g/mol. The van der Waals surface area contributed by atoms with Crippen molar-refractivity contribution in [3.05, 3.63) is 58.5 Å².